The van der Waals surface area contributed by atoms with Gasteiger partial charge >= 0.3 is 0 Å². The van der Waals surface area contributed by atoms with Gasteiger partial charge in [-0.2, -0.15) is 0 Å². The maximum Gasteiger partial charge on any atom is 0.253 e. The van der Waals surface area contributed by atoms with Crippen LogP contribution >= 0.6 is 11.6 Å². The van der Waals surface area contributed by atoms with Crippen molar-refractivity contribution in [2.75, 3.05) is 6.54 Å². The van der Waals surface area contributed by atoms with Gasteiger partial charge in [-0.25, -0.2) is 0 Å². The van der Waals surface area contributed by atoms with E-state index in [1.807, 2.05) is 6.07 Å². The molecule has 0 fully saturated rings. The Labute approximate surface area is 146 Å². The molecule has 0 saturated heterocycles. The first-order valence-electron chi connectivity index (χ1n) is 8.05. The number of amides is 1. The summed E-state index contributed by atoms with van der Waals surface area (Å²) in [6.45, 7) is 0.506. The van der Waals surface area contributed by atoms with Crippen molar-refractivity contribution in [3.05, 3.63) is 64.2 Å². The Hall–Kier alpha value is -2.04. The van der Waals surface area contributed by atoms with Gasteiger partial charge in [0.15, 0.2) is 6.10 Å². The van der Waals surface area contributed by atoms with Gasteiger partial charge in [-0.3, -0.25) is 4.79 Å². The predicted octanol–water partition coefficient (Wildman–Crippen LogP) is 3.00. The highest BCUT2D eigenvalue weighted by atomic mass is 35.5. The fraction of sp³-hybridized carbons (Fsp3) is 0.316. The van der Waals surface area contributed by atoms with Crippen LogP contribution in [0.1, 0.15) is 29.2 Å². The molecule has 3 rings (SSSR count). The average molecular weight is 346 g/mol. The molecule has 0 bridgehead atoms. The number of rotatable bonds is 4. The smallest absolute Gasteiger partial charge is 0.253 e. The summed E-state index contributed by atoms with van der Waals surface area (Å²) in [5, 5.41) is 23.0. The Morgan fingerprint density at radius 2 is 2.08 bits per heavy atom. The number of aliphatic hydroxyl groups excluding tert-OH is 1. The molecule has 4 nitrogen and oxygen atoms in total. The number of hydrogen-bond acceptors (Lipinski definition) is 3. The molecule has 126 valence electrons. The predicted molar refractivity (Wildman–Crippen MR) is 93.0 cm³/mol. The number of aromatic hydroxyl groups is 1. The molecule has 0 aromatic heterocycles. The van der Waals surface area contributed by atoms with Crippen LogP contribution in [0.5, 0.6) is 5.75 Å². The molecule has 24 heavy (non-hydrogen) atoms. The van der Waals surface area contributed by atoms with Crippen molar-refractivity contribution in [3.63, 3.8) is 0 Å². The highest BCUT2D eigenvalue weighted by Crippen LogP contribution is 2.28. The van der Waals surface area contributed by atoms with E-state index in [-0.39, 0.29) is 5.75 Å². The van der Waals surface area contributed by atoms with Gasteiger partial charge in [-0.1, -0.05) is 29.8 Å². The van der Waals surface area contributed by atoms with Crippen LogP contribution in [-0.4, -0.2) is 22.7 Å². The summed E-state index contributed by atoms with van der Waals surface area (Å²) >= 11 is 5.89. The molecule has 5 heteroatoms. The van der Waals surface area contributed by atoms with Crippen LogP contribution in [0.15, 0.2) is 42.5 Å². The summed E-state index contributed by atoms with van der Waals surface area (Å²) < 4.78 is 0. The second kappa shape index (κ2) is 7.24. The van der Waals surface area contributed by atoms with E-state index in [2.05, 4.69) is 5.32 Å². The lowest BCUT2D eigenvalue weighted by Gasteiger charge is -2.25. The quantitative estimate of drug-likeness (QED) is 0.797. The number of carbonyl (C=O) groups excluding carboxylic acids is 1. The van der Waals surface area contributed by atoms with Gasteiger partial charge in [0, 0.05) is 11.6 Å². The second-order valence-corrected chi connectivity index (χ2v) is 6.70. The van der Waals surface area contributed by atoms with Crippen molar-refractivity contribution in [2.45, 2.75) is 25.4 Å². The van der Waals surface area contributed by atoms with Gasteiger partial charge in [0.05, 0.1) is 0 Å². The minimum Gasteiger partial charge on any atom is -0.508 e. The molecule has 0 heterocycles. The summed E-state index contributed by atoms with van der Waals surface area (Å²) in [4.78, 5) is 12.2. The summed E-state index contributed by atoms with van der Waals surface area (Å²) in [6.07, 6.45) is 1.51. The van der Waals surface area contributed by atoms with E-state index in [1.165, 1.54) is 5.56 Å². The normalized spacial score (nSPS) is 17.8. The molecule has 2 aromatic rings. The molecule has 0 radical (unpaired) electrons. The minimum absolute atomic E-state index is 0.273. The fourth-order valence-electron chi connectivity index (χ4n) is 3.16. The van der Waals surface area contributed by atoms with Crippen molar-refractivity contribution in [2.24, 2.45) is 5.92 Å². The Balaban J connectivity index is 1.57. The van der Waals surface area contributed by atoms with Crippen molar-refractivity contribution in [1.82, 2.24) is 5.32 Å². The van der Waals surface area contributed by atoms with E-state index in [0.717, 1.165) is 24.8 Å². The zero-order valence-corrected chi connectivity index (χ0v) is 14.0. The first-order chi connectivity index (χ1) is 11.5. The number of phenols is 1. The number of carbonyl (C=O) groups is 1. The number of hydrogen-bond donors (Lipinski definition) is 3. The molecule has 1 aliphatic rings. The third-order valence-electron chi connectivity index (χ3n) is 4.50. The Morgan fingerprint density at radius 3 is 2.88 bits per heavy atom. The van der Waals surface area contributed by atoms with Gasteiger partial charge in [0.1, 0.15) is 5.75 Å². The standard InChI is InChI=1S/C19H20ClNO3/c20-16-3-1-2-14(9-16)18(23)19(24)21-11-12-4-5-13-6-7-17(22)10-15(13)8-12/h1-3,6-7,9-10,12,18,22-23H,4-5,8,11H2,(H,21,24)/t12-,18+/m0/s1. The molecular formula is C19H20ClNO3. The van der Waals surface area contributed by atoms with E-state index in [0.29, 0.717) is 23.0 Å². The number of benzene rings is 2. The molecule has 1 amide bonds. The molecule has 2 aromatic carbocycles. The molecule has 3 N–H and O–H groups in total. The number of halogens is 1. The van der Waals surface area contributed by atoms with Crippen molar-refractivity contribution >= 4 is 17.5 Å². The number of aryl methyl sites for hydroxylation is 1. The number of phenolic OH excluding ortho intramolecular Hbond substituents is 1. The molecular weight excluding hydrogens is 326 g/mol. The first kappa shape index (κ1) is 16.8. The molecule has 0 unspecified atom stereocenters. The molecule has 0 spiro atoms. The zero-order valence-electron chi connectivity index (χ0n) is 13.2. The third kappa shape index (κ3) is 3.89. The van der Waals surface area contributed by atoms with Crippen LogP contribution in [0, 0.1) is 5.92 Å². The summed E-state index contributed by atoms with van der Waals surface area (Å²) in [6, 6.07) is 12.1. The number of nitrogens with one attached hydrogen (secondary N) is 1. The Bertz CT molecular complexity index is 747. The van der Waals surface area contributed by atoms with E-state index < -0.39 is 12.0 Å². The molecule has 2 atom stereocenters. The van der Waals surface area contributed by atoms with Gasteiger partial charge in [-0.05, 0) is 66.1 Å². The van der Waals surface area contributed by atoms with Crippen LogP contribution < -0.4 is 5.32 Å². The lowest BCUT2D eigenvalue weighted by molar-refractivity contribution is -0.129. The summed E-state index contributed by atoms with van der Waals surface area (Å²) in [5.74, 6) is 0.156. The second-order valence-electron chi connectivity index (χ2n) is 6.26. The monoisotopic (exact) mass is 345 g/mol. The molecule has 0 saturated carbocycles. The van der Waals surface area contributed by atoms with E-state index in [1.54, 1.807) is 36.4 Å². The topological polar surface area (TPSA) is 69.6 Å². The van der Waals surface area contributed by atoms with Crippen LogP contribution in [-0.2, 0) is 17.6 Å². The van der Waals surface area contributed by atoms with Crippen molar-refractivity contribution < 1.29 is 15.0 Å². The average Bonchev–Trinajstić information content (AvgIpc) is 2.58. The van der Waals surface area contributed by atoms with Gasteiger partial charge in [-0.15, -0.1) is 0 Å². The Kier molecular flexibility index (Phi) is 5.07. The van der Waals surface area contributed by atoms with E-state index in [9.17, 15) is 15.0 Å². The minimum atomic E-state index is -1.22. The maximum absolute atomic E-state index is 12.2. The summed E-state index contributed by atoms with van der Waals surface area (Å²) in [7, 11) is 0. The van der Waals surface area contributed by atoms with Crippen LogP contribution in [0.25, 0.3) is 0 Å². The third-order valence-corrected chi connectivity index (χ3v) is 4.73. The molecule has 0 aliphatic heterocycles. The SMILES string of the molecule is O=C(NC[C@H]1CCc2ccc(O)cc2C1)[C@H](O)c1cccc(Cl)c1. The lowest BCUT2D eigenvalue weighted by Crippen LogP contribution is -2.35. The van der Waals surface area contributed by atoms with Crippen LogP contribution in [0.3, 0.4) is 0 Å². The van der Waals surface area contributed by atoms with Gasteiger partial charge < -0.3 is 15.5 Å². The summed E-state index contributed by atoms with van der Waals surface area (Å²) in [5.41, 5.74) is 2.88. The Morgan fingerprint density at radius 1 is 1.25 bits per heavy atom. The number of fused-ring (bicyclic) bond motifs is 1. The highest BCUT2D eigenvalue weighted by molar-refractivity contribution is 6.30. The van der Waals surface area contributed by atoms with Crippen molar-refractivity contribution in [1.29, 1.82) is 0 Å². The van der Waals surface area contributed by atoms with Crippen LogP contribution in [0.4, 0.5) is 0 Å². The zero-order chi connectivity index (χ0) is 17.1. The van der Waals surface area contributed by atoms with E-state index >= 15 is 0 Å². The maximum atomic E-state index is 12.2. The van der Waals surface area contributed by atoms with Crippen molar-refractivity contribution in [3.8, 4) is 5.75 Å². The highest BCUT2D eigenvalue weighted by Gasteiger charge is 2.22. The fourth-order valence-corrected chi connectivity index (χ4v) is 3.36. The molecule has 1 aliphatic carbocycles. The first-order valence-corrected chi connectivity index (χ1v) is 8.43. The number of aliphatic hydroxyl groups is 1. The van der Waals surface area contributed by atoms with Crippen LogP contribution in [0.2, 0.25) is 5.02 Å². The van der Waals surface area contributed by atoms with E-state index in [4.69, 9.17) is 11.6 Å². The lowest BCUT2D eigenvalue weighted by atomic mass is 9.83. The van der Waals surface area contributed by atoms with Gasteiger partial charge in [0.25, 0.3) is 5.91 Å². The largest absolute Gasteiger partial charge is 0.508 e. The van der Waals surface area contributed by atoms with Gasteiger partial charge in [0.2, 0.25) is 0 Å².